The van der Waals surface area contributed by atoms with Crippen molar-refractivity contribution in [2.24, 2.45) is 0 Å². The fourth-order valence-electron chi connectivity index (χ4n) is 1.10. The molecule has 0 unspecified atom stereocenters. The summed E-state index contributed by atoms with van der Waals surface area (Å²) >= 11 is 7.37. The first-order valence-corrected chi connectivity index (χ1v) is 6.05. The third kappa shape index (κ3) is 3.36. The van der Waals surface area contributed by atoms with E-state index in [1.54, 1.807) is 0 Å². The van der Waals surface area contributed by atoms with E-state index in [-0.39, 0.29) is 5.91 Å². The fourth-order valence-corrected chi connectivity index (χ4v) is 2.29. The lowest BCUT2D eigenvalue weighted by atomic mass is 10.3. The second kappa shape index (κ2) is 5.93. The van der Waals surface area contributed by atoms with Gasteiger partial charge in [-0.3, -0.25) is 4.79 Å². The van der Waals surface area contributed by atoms with Crippen LogP contribution in [0.25, 0.3) is 0 Å². The molecule has 1 rings (SSSR count). The van der Waals surface area contributed by atoms with Crippen LogP contribution >= 0.6 is 22.9 Å². The molecular formula is C11H14ClNOS. The molecule has 0 aromatic carbocycles. The molecule has 2 nitrogen and oxygen atoms in total. The van der Waals surface area contributed by atoms with Crippen LogP contribution in [-0.2, 0) is 0 Å². The highest BCUT2D eigenvalue weighted by atomic mass is 35.5. The molecule has 1 aromatic heterocycles. The van der Waals surface area contributed by atoms with E-state index < -0.39 is 0 Å². The van der Waals surface area contributed by atoms with Gasteiger partial charge in [0.05, 0.1) is 5.02 Å². The van der Waals surface area contributed by atoms with Gasteiger partial charge in [0.15, 0.2) is 0 Å². The maximum absolute atomic E-state index is 11.6. The van der Waals surface area contributed by atoms with E-state index in [9.17, 15) is 4.79 Å². The van der Waals surface area contributed by atoms with Gasteiger partial charge in [-0.1, -0.05) is 23.8 Å². The molecule has 0 aliphatic carbocycles. The van der Waals surface area contributed by atoms with Gasteiger partial charge >= 0.3 is 0 Å². The van der Waals surface area contributed by atoms with Crippen molar-refractivity contribution in [1.29, 1.82) is 0 Å². The van der Waals surface area contributed by atoms with Gasteiger partial charge in [-0.15, -0.1) is 11.3 Å². The van der Waals surface area contributed by atoms with Crippen molar-refractivity contribution in [2.45, 2.75) is 20.3 Å². The van der Waals surface area contributed by atoms with Crippen LogP contribution in [0.3, 0.4) is 0 Å². The van der Waals surface area contributed by atoms with Crippen LogP contribution in [0.5, 0.6) is 0 Å². The number of halogens is 1. The minimum atomic E-state index is -0.0809. The van der Waals surface area contributed by atoms with Crippen molar-refractivity contribution in [2.75, 3.05) is 6.54 Å². The average Bonchev–Trinajstić information content (AvgIpc) is 2.55. The zero-order chi connectivity index (χ0) is 11.3. The van der Waals surface area contributed by atoms with Gasteiger partial charge in [-0.05, 0) is 31.2 Å². The van der Waals surface area contributed by atoms with E-state index in [0.717, 1.165) is 12.0 Å². The van der Waals surface area contributed by atoms with E-state index in [4.69, 9.17) is 11.6 Å². The number of hydrogen-bond donors (Lipinski definition) is 1. The second-order valence-electron chi connectivity index (χ2n) is 3.18. The van der Waals surface area contributed by atoms with E-state index in [1.807, 2.05) is 31.4 Å². The van der Waals surface area contributed by atoms with Gasteiger partial charge in [0.1, 0.15) is 4.88 Å². The van der Waals surface area contributed by atoms with Crippen molar-refractivity contribution in [3.8, 4) is 0 Å². The van der Waals surface area contributed by atoms with Crippen molar-refractivity contribution < 1.29 is 4.79 Å². The number of aryl methyl sites for hydroxylation is 1. The standard InChI is InChI=1S/C11H14ClNOS/c1-3-4-5-6-13-11(14)10-9(12)8(2)7-15-10/h3-4,7H,5-6H2,1-2H3,(H,13,14)/b4-3+. The molecule has 0 saturated carbocycles. The Morgan fingerprint density at radius 2 is 2.40 bits per heavy atom. The number of thiophene rings is 1. The number of hydrogen-bond acceptors (Lipinski definition) is 2. The number of amides is 1. The summed E-state index contributed by atoms with van der Waals surface area (Å²) < 4.78 is 0. The number of carbonyl (C=O) groups is 1. The lowest BCUT2D eigenvalue weighted by molar-refractivity contribution is 0.0958. The molecule has 0 aliphatic rings. The predicted molar refractivity (Wildman–Crippen MR) is 65.8 cm³/mol. The minimum absolute atomic E-state index is 0.0809. The van der Waals surface area contributed by atoms with E-state index in [1.165, 1.54) is 11.3 Å². The lowest BCUT2D eigenvalue weighted by Gasteiger charge is -2.01. The molecule has 0 radical (unpaired) electrons. The lowest BCUT2D eigenvalue weighted by Crippen LogP contribution is -2.23. The van der Waals surface area contributed by atoms with E-state index in [2.05, 4.69) is 5.32 Å². The van der Waals surface area contributed by atoms with Crippen LogP contribution < -0.4 is 5.32 Å². The molecule has 82 valence electrons. The highest BCUT2D eigenvalue weighted by molar-refractivity contribution is 7.13. The average molecular weight is 244 g/mol. The van der Waals surface area contributed by atoms with Crippen molar-refractivity contribution in [3.63, 3.8) is 0 Å². The first-order chi connectivity index (χ1) is 7.16. The summed E-state index contributed by atoms with van der Waals surface area (Å²) in [5, 5.41) is 5.29. The number of nitrogens with one attached hydrogen (secondary N) is 1. The smallest absolute Gasteiger partial charge is 0.262 e. The van der Waals surface area contributed by atoms with Gasteiger partial charge in [0.2, 0.25) is 0 Å². The molecule has 0 spiro atoms. The predicted octanol–water partition coefficient (Wildman–Crippen LogP) is 3.41. The Labute approximate surface area is 99.0 Å². The van der Waals surface area contributed by atoms with Crippen molar-refractivity contribution in [3.05, 3.63) is 33.0 Å². The highest BCUT2D eigenvalue weighted by Crippen LogP contribution is 2.26. The molecule has 0 aliphatic heterocycles. The van der Waals surface area contributed by atoms with E-state index in [0.29, 0.717) is 16.4 Å². The van der Waals surface area contributed by atoms with Crippen molar-refractivity contribution in [1.82, 2.24) is 5.32 Å². The zero-order valence-corrected chi connectivity index (χ0v) is 10.4. The second-order valence-corrected chi connectivity index (χ2v) is 4.43. The molecule has 1 N–H and O–H groups in total. The van der Waals surface area contributed by atoms with Crippen LogP contribution in [0.15, 0.2) is 17.5 Å². The van der Waals surface area contributed by atoms with Gasteiger partial charge in [0.25, 0.3) is 5.91 Å². The molecule has 1 amide bonds. The fraction of sp³-hybridized carbons (Fsp3) is 0.364. The topological polar surface area (TPSA) is 29.1 Å². The van der Waals surface area contributed by atoms with Crippen LogP contribution in [0.4, 0.5) is 0 Å². The summed E-state index contributed by atoms with van der Waals surface area (Å²) in [6, 6.07) is 0. The van der Waals surface area contributed by atoms with E-state index >= 15 is 0 Å². The number of allylic oxidation sites excluding steroid dienone is 1. The SMILES string of the molecule is C/C=C/CCNC(=O)c1scc(C)c1Cl. The van der Waals surface area contributed by atoms with Gasteiger partial charge in [-0.2, -0.15) is 0 Å². The Bertz CT molecular complexity index is 371. The molecule has 1 aromatic rings. The Morgan fingerprint density at radius 3 is 2.93 bits per heavy atom. The van der Waals surface area contributed by atoms with Crippen LogP contribution in [0.2, 0.25) is 5.02 Å². The van der Waals surface area contributed by atoms with Gasteiger partial charge < -0.3 is 5.32 Å². The maximum atomic E-state index is 11.6. The summed E-state index contributed by atoms with van der Waals surface area (Å²) in [7, 11) is 0. The Balaban J connectivity index is 2.51. The molecule has 15 heavy (non-hydrogen) atoms. The Kier molecular flexibility index (Phi) is 4.85. The third-order valence-electron chi connectivity index (χ3n) is 1.94. The third-order valence-corrected chi connectivity index (χ3v) is 3.63. The quantitative estimate of drug-likeness (QED) is 0.637. The monoisotopic (exact) mass is 243 g/mol. The zero-order valence-electron chi connectivity index (χ0n) is 8.84. The number of rotatable bonds is 4. The van der Waals surface area contributed by atoms with Crippen LogP contribution in [0, 0.1) is 6.92 Å². The molecule has 0 fully saturated rings. The maximum Gasteiger partial charge on any atom is 0.262 e. The first-order valence-electron chi connectivity index (χ1n) is 4.79. The molecule has 0 bridgehead atoms. The Morgan fingerprint density at radius 1 is 1.67 bits per heavy atom. The van der Waals surface area contributed by atoms with Gasteiger partial charge in [-0.25, -0.2) is 0 Å². The summed E-state index contributed by atoms with van der Waals surface area (Å²) in [6.45, 7) is 4.51. The highest BCUT2D eigenvalue weighted by Gasteiger charge is 2.13. The first kappa shape index (κ1) is 12.3. The normalized spacial score (nSPS) is 10.9. The van der Waals surface area contributed by atoms with Gasteiger partial charge in [0, 0.05) is 6.54 Å². The molecule has 0 saturated heterocycles. The van der Waals surface area contributed by atoms with Crippen LogP contribution in [-0.4, -0.2) is 12.5 Å². The molecule has 1 heterocycles. The summed E-state index contributed by atoms with van der Waals surface area (Å²) in [6.07, 6.45) is 4.83. The number of carbonyl (C=O) groups excluding carboxylic acids is 1. The largest absolute Gasteiger partial charge is 0.351 e. The molecule has 0 atom stereocenters. The van der Waals surface area contributed by atoms with Crippen molar-refractivity contribution >= 4 is 28.8 Å². The molecular weight excluding hydrogens is 230 g/mol. The summed E-state index contributed by atoms with van der Waals surface area (Å²) in [5.74, 6) is -0.0809. The summed E-state index contributed by atoms with van der Waals surface area (Å²) in [4.78, 5) is 12.2. The molecule has 4 heteroatoms. The minimum Gasteiger partial charge on any atom is -0.351 e. The Hall–Kier alpha value is -0.800. The van der Waals surface area contributed by atoms with Crippen LogP contribution in [0.1, 0.15) is 28.6 Å². The summed E-state index contributed by atoms with van der Waals surface area (Å²) in [5.41, 5.74) is 0.959.